The van der Waals surface area contributed by atoms with Gasteiger partial charge < -0.3 is 5.32 Å². The lowest BCUT2D eigenvalue weighted by Gasteiger charge is -2.23. The molecule has 4 nitrogen and oxygen atoms in total. The molecule has 2 aromatic rings. The average molecular weight is 268 g/mol. The zero-order chi connectivity index (χ0) is 13.9. The molecule has 1 N–H and O–H groups in total. The van der Waals surface area contributed by atoms with Crippen LogP contribution in [0.5, 0.6) is 0 Å². The van der Waals surface area contributed by atoms with Gasteiger partial charge in [-0.15, -0.1) is 0 Å². The molecule has 0 fully saturated rings. The topological polar surface area (TPSA) is 50.7 Å². The fourth-order valence-corrected chi connectivity index (χ4v) is 2.84. The molecule has 0 aromatic carbocycles. The van der Waals surface area contributed by atoms with Crippen molar-refractivity contribution in [3.05, 3.63) is 41.3 Å². The lowest BCUT2D eigenvalue weighted by Crippen LogP contribution is -2.25. The average Bonchev–Trinajstić information content (AvgIpc) is 2.47. The quantitative estimate of drug-likeness (QED) is 0.927. The minimum absolute atomic E-state index is 0.707. The molecular weight excluding hydrogens is 248 g/mol. The molecule has 0 bridgehead atoms. The molecule has 1 aliphatic rings. The standard InChI is InChI=1S/C16H20N4/c1-11-4-3-5-15(19-11)16-18-10-13-8-12(9-17-2)6-7-14(13)20-16/h3-5,10,12,17H,6-9H2,1-2H3. The fraction of sp³-hybridized carbons (Fsp3) is 0.438. The first-order valence-corrected chi connectivity index (χ1v) is 7.19. The Morgan fingerprint density at radius 2 is 2.20 bits per heavy atom. The van der Waals surface area contributed by atoms with Gasteiger partial charge in [0.1, 0.15) is 5.69 Å². The van der Waals surface area contributed by atoms with E-state index in [-0.39, 0.29) is 0 Å². The normalized spacial score (nSPS) is 17.8. The van der Waals surface area contributed by atoms with E-state index < -0.39 is 0 Å². The highest BCUT2D eigenvalue weighted by molar-refractivity contribution is 5.49. The third-order valence-corrected chi connectivity index (χ3v) is 3.86. The Kier molecular flexibility index (Phi) is 3.74. The number of aromatic nitrogens is 3. The molecule has 4 heteroatoms. The lowest BCUT2D eigenvalue weighted by atomic mass is 9.87. The maximum Gasteiger partial charge on any atom is 0.178 e. The summed E-state index contributed by atoms with van der Waals surface area (Å²) >= 11 is 0. The van der Waals surface area contributed by atoms with Gasteiger partial charge in [0, 0.05) is 17.6 Å². The summed E-state index contributed by atoms with van der Waals surface area (Å²) < 4.78 is 0. The molecule has 3 rings (SSSR count). The molecular formula is C16H20N4. The van der Waals surface area contributed by atoms with E-state index in [2.05, 4.69) is 15.3 Å². The Morgan fingerprint density at radius 1 is 1.30 bits per heavy atom. The summed E-state index contributed by atoms with van der Waals surface area (Å²) in [5.74, 6) is 1.46. The molecule has 0 radical (unpaired) electrons. The van der Waals surface area contributed by atoms with Crippen molar-refractivity contribution in [2.24, 2.45) is 5.92 Å². The second-order valence-electron chi connectivity index (χ2n) is 5.50. The first kappa shape index (κ1) is 13.2. The third kappa shape index (κ3) is 2.70. The van der Waals surface area contributed by atoms with Crippen LogP contribution in [0.1, 0.15) is 23.4 Å². The molecule has 0 spiro atoms. The maximum absolute atomic E-state index is 4.73. The van der Waals surface area contributed by atoms with Crippen molar-refractivity contribution in [2.45, 2.75) is 26.2 Å². The van der Waals surface area contributed by atoms with Crippen LogP contribution in [-0.2, 0) is 12.8 Å². The van der Waals surface area contributed by atoms with Crippen molar-refractivity contribution < 1.29 is 0 Å². The van der Waals surface area contributed by atoms with E-state index >= 15 is 0 Å². The molecule has 20 heavy (non-hydrogen) atoms. The van der Waals surface area contributed by atoms with E-state index in [0.29, 0.717) is 5.92 Å². The van der Waals surface area contributed by atoms with Gasteiger partial charge in [-0.3, -0.25) is 0 Å². The third-order valence-electron chi connectivity index (χ3n) is 3.86. The Balaban J connectivity index is 1.87. The van der Waals surface area contributed by atoms with Crippen LogP contribution in [0, 0.1) is 12.8 Å². The van der Waals surface area contributed by atoms with E-state index in [1.54, 1.807) is 0 Å². The number of nitrogens with zero attached hydrogens (tertiary/aromatic N) is 3. The number of nitrogens with one attached hydrogen (secondary N) is 1. The SMILES string of the molecule is CNCC1CCc2nc(-c3cccc(C)n3)ncc2C1. The van der Waals surface area contributed by atoms with E-state index in [0.717, 1.165) is 36.6 Å². The highest BCUT2D eigenvalue weighted by Crippen LogP contribution is 2.25. The van der Waals surface area contributed by atoms with Crippen molar-refractivity contribution in [2.75, 3.05) is 13.6 Å². The summed E-state index contributed by atoms with van der Waals surface area (Å²) in [6.07, 6.45) is 5.32. The van der Waals surface area contributed by atoms with E-state index in [4.69, 9.17) is 4.98 Å². The van der Waals surface area contributed by atoms with Crippen LogP contribution >= 0.6 is 0 Å². The lowest BCUT2D eigenvalue weighted by molar-refractivity contribution is 0.434. The summed E-state index contributed by atoms with van der Waals surface area (Å²) in [4.78, 5) is 13.7. The Bertz CT molecular complexity index is 609. The van der Waals surface area contributed by atoms with Crippen LogP contribution in [0.25, 0.3) is 11.5 Å². The smallest absolute Gasteiger partial charge is 0.178 e. The zero-order valence-corrected chi connectivity index (χ0v) is 12.1. The molecule has 2 heterocycles. The second kappa shape index (κ2) is 5.67. The summed E-state index contributed by atoms with van der Waals surface area (Å²) in [5.41, 5.74) is 4.36. The molecule has 0 amide bonds. The molecule has 1 aliphatic carbocycles. The van der Waals surface area contributed by atoms with E-state index in [1.807, 2.05) is 38.4 Å². The van der Waals surface area contributed by atoms with Gasteiger partial charge in [-0.25, -0.2) is 15.0 Å². The summed E-state index contributed by atoms with van der Waals surface area (Å²) in [6, 6.07) is 5.97. The van der Waals surface area contributed by atoms with Crippen LogP contribution in [-0.4, -0.2) is 28.5 Å². The Labute approximate surface area is 119 Å². The highest BCUT2D eigenvalue weighted by Gasteiger charge is 2.20. The first-order valence-electron chi connectivity index (χ1n) is 7.19. The van der Waals surface area contributed by atoms with Crippen molar-refractivity contribution in [3.8, 4) is 11.5 Å². The highest BCUT2D eigenvalue weighted by atomic mass is 14.9. The Hall–Kier alpha value is -1.81. The van der Waals surface area contributed by atoms with Gasteiger partial charge in [-0.05, 0) is 63.4 Å². The maximum atomic E-state index is 4.73. The van der Waals surface area contributed by atoms with Crippen molar-refractivity contribution >= 4 is 0 Å². The van der Waals surface area contributed by atoms with Crippen LogP contribution < -0.4 is 5.32 Å². The van der Waals surface area contributed by atoms with Gasteiger partial charge in [0.25, 0.3) is 0 Å². The monoisotopic (exact) mass is 268 g/mol. The summed E-state index contributed by atoms with van der Waals surface area (Å²) in [5, 5.41) is 3.26. The zero-order valence-electron chi connectivity index (χ0n) is 12.1. The van der Waals surface area contributed by atoms with Gasteiger partial charge in [0.2, 0.25) is 0 Å². The van der Waals surface area contributed by atoms with Crippen LogP contribution in [0.15, 0.2) is 24.4 Å². The van der Waals surface area contributed by atoms with Crippen molar-refractivity contribution in [1.82, 2.24) is 20.3 Å². The number of fused-ring (bicyclic) bond motifs is 1. The van der Waals surface area contributed by atoms with Crippen LogP contribution in [0.4, 0.5) is 0 Å². The molecule has 0 aliphatic heterocycles. The first-order chi connectivity index (χ1) is 9.76. The molecule has 2 aromatic heterocycles. The van der Waals surface area contributed by atoms with Crippen LogP contribution in [0.2, 0.25) is 0 Å². The van der Waals surface area contributed by atoms with Gasteiger partial charge in [-0.1, -0.05) is 6.07 Å². The number of rotatable bonds is 3. The number of hydrogen-bond donors (Lipinski definition) is 1. The van der Waals surface area contributed by atoms with Crippen molar-refractivity contribution in [3.63, 3.8) is 0 Å². The molecule has 0 saturated carbocycles. The summed E-state index contributed by atoms with van der Waals surface area (Å²) in [6.45, 7) is 3.06. The molecule has 1 unspecified atom stereocenters. The van der Waals surface area contributed by atoms with Gasteiger partial charge in [-0.2, -0.15) is 0 Å². The van der Waals surface area contributed by atoms with E-state index in [9.17, 15) is 0 Å². The largest absolute Gasteiger partial charge is 0.319 e. The fourth-order valence-electron chi connectivity index (χ4n) is 2.84. The number of aryl methyl sites for hydroxylation is 2. The van der Waals surface area contributed by atoms with Gasteiger partial charge in [0.15, 0.2) is 5.82 Å². The van der Waals surface area contributed by atoms with Gasteiger partial charge >= 0.3 is 0 Å². The molecule has 104 valence electrons. The Morgan fingerprint density at radius 3 is 3.00 bits per heavy atom. The number of hydrogen-bond acceptors (Lipinski definition) is 4. The van der Waals surface area contributed by atoms with Crippen LogP contribution in [0.3, 0.4) is 0 Å². The second-order valence-corrected chi connectivity index (χ2v) is 5.50. The summed E-state index contributed by atoms with van der Waals surface area (Å²) in [7, 11) is 2.01. The van der Waals surface area contributed by atoms with E-state index in [1.165, 1.54) is 17.7 Å². The van der Waals surface area contributed by atoms with Crippen molar-refractivity contribution in [1.29, 1.82) is 0 Å². The number of pyridine rings is 1. The van der Waals surface area contributed by atoms with Gasteiger partial charge in [0.05, 0.1) is 0 Å². The minimum atomic E-state index is 0.707. The molecule has 0 saturated heterocycles. The predicted molar refractivity (Wildman–Crippen MR) is 79.4 cm³/mol. The predicted octanol–water partition coefficient (Wildman–Crippen LogP) is 2.17. The molecule has 1 atom stereocenters. The minimum Gasteiger partial charge on any atom is -0.319 e.